The Morgan fingerprint density at radius 3 is 2.67 bits per heavy atom. The van der Waals surface area contributed by atoms with Crippen molar-refractivity contribution in [3.8, 4) is 0 Å². The largest absolute Gasteiger partial charge is 0.346 e. The fraction of sp³-hybridized carbons (Fsp3) is 0.158. The number of nitrogens with two attached hydrogens (primary N) is 1. The minimum atomic E-state index is -0.320. The molecule has 0 radical (unpaired) electrons. The van der Waals surface area contributed by atoms with Crippen molar-refractivity contribution >= 4 is 23.5 Å². The first-order valence-electron chi connectivity index (χ1n) is 8.22. The maximum Gasteiger partial charge on any atom is 0.346 e. The molecule has 8 heteroatoms. The number of nitrogens with zero attached hydrogens (tertiary/aromatic N) is 3. The van der Waals surface area contributed by atoms with Gasteiger partial charge in [-0.05, 0) is 41.5 Å². The van der Waals surface area contributed by atoms with E-state index in [1.54, 1.807) is 23.5 Å². The summed E-state index contributed by atoms with van der Waals surface area (Å²) in [5.41, 5.74) is 6.29. The predicted molar refractivity (Wildman–Crippen MR) is 103 cm³/mol. The zero-order valence-corrected chi connectivity index (χ0v) is 15.2. The Morgan fingerprint density at radius 2 is 1.96 bits per heavy atom. The van der Waals surface area contributed by atoms with Crippen molar-refractivity contribution in [3.05, 3.63) is 86.2 Å². The third kappa shape index (κ3) is 4.87. The first kappa shape index (κ1) is 18.9. The van der Waals surface area contributed by atoms with Gasteiger partial charge in [0.2, 0.25) is 0 Å². The van der Waals surface area contributed by atoms with Gasteiger partial charge in [0.15, 0.2) is 0 Å². The van der Waals surface area contributed by atoms with E-state index in [1.807, 2.05) is 24.3 Å². The number of benzene rings is 1. The molecule has 0 aliphatic heterocycles. The highest BCUT2D eigenvalue weighted by molar-refractivity contribution is 7.12. The Balaban J connectivity index is 1.68. The van der Waals surface area contributed by atoms with Gasteiger partial charge < -0.3 is 5.73 Å². The molecule has 5 nitrogen and oxygen atoms in total. The standard InChI is InChI=1S/C19H18F2N4OS/c20-9-15(10-22)11-25-19(26)24(13-23-25)12-18-8-7-17(27-18)6-3-14-1-4-16(21)5-2-14/h1-9,13H,10-12,22H2/b6-3+,15-9+. The number of thiophene rings is 1. The Bertz CT molecular complexity index is 1020. The van der Waals surface area contributed by atoms with Gasteiger partial charge in [-0.15, -0.1) is 11.3 Å². The molecular formula is C19H18F2N4OS. The maximum atomic E-state index is 12.9. The lowest BCUT2D eigenvalue weighted by Crippen LogP contribution is -2.26. The minimum absolute atomic E-state index is 0.0322. The first-order valence-corrected chi connectivity index (χ1v) is 9.03. The quantitative estimate of drug-likeness (QED) is 0.676. The van der Waals surface area contributed by atoms with Crippen LogP contribution in [0.5, 0.6) is 0 Å². The fourth-order valence-electron chi connectivity index (χ4n) is 2.41. The van der Waals surface area contributed by atoms with Gasteiger partial charge in [-0.2, -0.15) is 5.10 Å². The number of aromatic nitrogens is 3. The maximum absolute atomic E-state index is 12.9. The molecule has 3 rings (SSSR count). The van der Waals surface area contributed by atoms with Gasteiger partial charge in [0.1, 0.15) is 12.1 Å². The van der Waals surface area contributed by atoms with E-state index in [4.69, 9.17) is 5.73 Å². The highest BCUT2D eigenvalue weighted by Gasteiger charge is 2.08. The van der Waals surface area contributed by atoms with Crippen molar-refractivity contribution in [1.82, 2.24) is 14.3 Å². The van der Waals surface area contributed by atoms with Crippen LogP contribution in [0.1, 0.15) is 15.3 Å². The van der Waals surface area contributed by atoms with Crippen LogP contribution >= 0.6 is 11.3 Å². The molecule has 2 aromatic heterocycles. The summed E-state index contributed by atoms with van der Waals surface area (Å²) in [6, 6.07) is 10.1. The molecule has 0 amide bonds. The van der Waals surface area contributed by atoms with Gasteiger partial charge in [-0.25, -0.2) is 18.3 Å². The second kappa shape index (κ2) is 8.70. The minimum Gasteiger partial charge on any atom is -0.327 e. The van der Waals surface area contributed by atoms with Crippen LogP contribution in [0, 0.1) is 5.82 Å². The molecule has 0 fully saturated rings. The third-order valence-corrected chi connectivity index (χ3v) is 4.92. The van der Waals surface area contributed by atoms with E-state index in [2.05, 4.69) is 5.10 Å². The summed E-state index contributed by atoms with van der Waals surface area (Å²) in [6.07, 6.45) is 5.68. The van der Waals surface area contributed by atoms with Crippen molar-refractivity contribution in [3.63, 3.8) is 0 Å². The number of halogens is 2. The zero-order valence-electron chi connectivity index (χ0n) is 14.4. The van der Waals surface area contributed by atoms with Gasteiger partial charge >= 0.3 is 5.69 Å². The van der Waals surface area contributed by atoms with E-state index < -0.39 is 0 Å². The van der Waals surface area contributed by atoms with Gasteiger partial charge in [0.05, 0.1) is 19.4 Å². The summed E-state index contributed by atoms with van der Waals surface area (Å²) in [4.78, 5) is 14.3. The van der Waals surface area contributed by atoms with Crippen LogP contribution in [0.3, 0.4) is 0 Å². The van der Waals surface area contributed by atoms with E-state index in [1.165, 1.54) is 27.7 Å². The van der Waals surface area contributed by atoms with Gasteiger partial charge in [-0.1, -0.05) is 18.2 Å². The topological polar surface area (TPSA) is 65.8 Å². The molecule has 0 spiro atoms. The third-order valence-electron chi connectivity index (χ3n) is 3.88. The van der Waals surface area contributed by atoms with Crippen LogP contribution in [-0.4, -0.2) is 20.9 Å². The van der Waals surface area contributed by atoms with E-state index >= 15 is 0 Å². The summed E-state index contributed by atoms with van der Waals surface area (Å²) in [5.74, 6) is -0.267. The molecule has 1 aromatic carbocycles. The molecule has 0 aliphatic carbocycles. The smallest absolute Gasteiger partial charge is 0.327 e. The second-order valence-electron chi connectivity index (χ2n) is 5.86. The molecule has 0 bridgehead atoms. The Kier molecular flexibility index (Phi) is 6.10. The van der Waals surface area contributed by atoms with E-state index in [-0.39, 0.29) is 24.6 Å². The van der Waals surface area contributed by atoms with Crippen molar-refractivity contribution in [2.24, 2.45) is 5.73 Å². The summed E-state index contributed by atoms with van der Waals surface area (Å²) in [6.45, 7) is 0.449. The molecule has 2 N–H and O–H groups in total. The van der Waals surface area contributed by atoms with Crippen LogP contribution in [-0.2, 0) is 13.1 Å². The van der Waals surface area contributed by atoms with Crippen LogP contribution in [0.4, 0.5) is 8.78 Å². The Hall–Kier alpha value is -2.84. The van der Waals surface area contributed by atoms with Gasteiger partial charge in [0, 0.05) is 16.3 Å². The summed E-state index contributed by atoms with van der Waals surface area (Å²) >= 11 is 1.54. The van der Waals surface area contributed by atoms with Gasteiger partial charge in [-0.3, -0.25) is 4.57 Å². The molecule has 0 unspecified atom stereocenters. The van der Waals surface area contributed by atoms with Crippen LogP contribution in [0.15, 0.2) is 59.4 Å². The van der Waals surface area contributed by atoms with Crippen LogP contribution in [0.2, 0.25) is 0 Å². The van der Waals surface area contributed by atoms with Crippen LogP contribution in [0.25, 0.3) is 12.2 Å². The predicted octanol–water partition coefficient (Wildman–Crippen LogP) is 3.28. The fourth-order valence-corrected chi connectivity index (χ4v) is 3.33. The molecule has 2 heterocycles. The lowest BCUT2D eigenvalue weighted by atomic mass is 10.2. The summed E-state index contributed by atoms with van der Waals surface area (Å²) < 4.78 is 28.2. The SMILES string of the molecule is NC/C(=C\F)Cn1ncn(Cc2ccc(/C=C/c3ccc(F)cc3)s2)c1=O. The molecule has 3 aromatic rings. The summed E-state index contributed by atoms with van der Waals surface area (Å²) in [5, 5.41) is 4.00. The van der Waals surface area contributed by atoms with Crippen molar-refractivity contribution in [2.45, 2.75) is 13.1 Å². The Morgan fingerprint density at radius 1 is 1.19 bits per heavy atom. The number of hydrogen-bond acceptors (Lipinski definition) is 4. The van der Waals surface area contributed by atoms with Gasteiger partial charge in [0.25, 0.3) is 0 Å². The first-order chi connectivity index (χ1) is 13.1. The van der Waals surface area contributed by atoms with E-state index in [0.29, 0.717) is 18.4 Å². The molecular weight excluding hydrogens is 370 g/mol. The zero-order chi connectivity index (χ0) is 19.2. The molecule has 0 saturated heterocycles. The van der Waals surface area contributed by atoms with Crippen molar-refractivity contribution in [2.75, 3.05) is 6.54 Å². The molecule has 140 valence electrons. The monoisotopic (exact) mass is 388 g/mol. The van der Waals surface area contributed by atoms with E-state index in [9.17, 15) is 13.6 Å². The summed E-state index contributed by atoms with van der Waals surface area (Å²) in [7, 11) is 0. The van der Waals surface area contributed by atoms with Crippen molar-refractivity contribution in [1.29, 1.82) is 0 Å². The lowest BCUT2D eigenvalue weighted by molar-refractivity contribution is 0.604. The van der Waals surface area contributed by atoms with Crippen LogP contribution < -0.4 is 11.4 Å². The van der Waals surface area contributed by atoms with E-state index in [0.717, 1.165) is 15.3 Å². The molecule has 0 saturated carbocycles. The normalized spacial score (nSPS) is 12.2. The Labute approximate surface area is 158 Å². The average molecular weight is 388 g/mol. The average Bonchev–Trinajstić information content (AvgIpc) is 3.27. The molecule has 0 aliphatic rings. The highest BCUT2D eigenvalue weighted by Crippen LogP contribution is 2.20. The number of hydrogen-bond donors (Lipinski definition) is 1. The second-order valence-corrected chi connectivity index (χ2v) is 7.06. The number of rotatable bonds is 7. The lowest BCUT2D eigenvalue weighted by Gasteiger charge is -2.01. The molecule has 27 heavy (non-hydrogen) atoms. The highest BCUT2D eigenvalue weighted by atomic mass is 32.1. The molecule has 0 atom stereocenters. The van der Waals surface area contributed by atoms with Crippen molar-refractivity contribution < 1.29 is 8.78 Å².